The summed E-state index contributed by atoms with van der Waals surface area (Å²) in [6, 6.07) is 7.74. The fraction of sp³-hybridized carbons (Fsp3) is 0.333. The molecule has 2 rings (SSSR count). The quantitative estimate of drug-likeness (QED) is 0.839. The molecule has 16 heavy (non-hydrogen) atoms. The van der Waals surface area contributed by atoms with Gasteiger partial charge in [-0.15, -0.1) is 0 Å². The maximum Gasteiger partial charge on any atom is 0.240 e. The number of carbonyl (C=O) groups excluding carboxylic acids is 1. The van der Waals surface area contributed by atoms with Crippen LogP contribution in [0.1, 0.15) is 25.3 Å². The van der Waals surface area contributed by atoms with E-state index in [9.17, 15) is 4.79 Å². The summed E-state index contributed by atoms with van der Waals surface area (Å²) >= 11 is 0. The number of carbonyl (C=O) groups is 1. The van der Waals surface area contributed by atoms with E-state index in [4.69, 9.17) is 4.74 Å². The molecule has 0 fully saturated rings. The van der Waals surface area contributed by atoms with Gasteiger partial charge in [0.1, 0.15) is 5.75 Å². The van der Waals surface area contributed by atoms with E-state index >= 15 is 0 Å². The first-order valence-electron chi connectivity index (χ1n) is 5.39. The van der Waals surface area contributed by atoms with Crippen molar-refractivity contribution in [3.63, 3.8) is 0 Å². The smallest absolute Gasteiger partial charge is 0.240 e. The van der Waals surface area contributed by atoms with Crippen molar-refractivity contribution in [3.05, 3.63) is 29.8 Å². The van der Waals surface area contributed by atoms with Gasteiger partial charge in [-0.2, -0.15) is 5.10 Å². The molecule has 1 aromatic rings. The van der Waals surface area contributed by atoms with E-state index in [1.807, 2.05) is 31.2 Å². The normalized spacial score (nSPS) is 15.3. The van der Waals surface area contributed by atoms with Crippen LogP contribution in [-0.4, -0.2) is 18.2 Å². The molecule has 1 aromatic carbocycles. The Labute approximate surface area is 94.3 Å². The van der Waals surface area contributed by atoms with Gasteiger partial charge in [-0.3, -0.25) is 4.79 Å². The van der Waals surface area contributed by atoms with Crippen LogP contribution in [0.2, 0.25) is 0 Å². The Bertz CT molecular complexity index is 427. The predicted molar refractivity (Wildman–Crippen MR) is 61.5 cm³/mol. The van der Waals surface area contributed by atoms with Gasteiger partial charge >= 0.3 is 0 Å². The van der Waals surface area contributed by atoms with Crippen molar-refractivity contribution in [2.24, 2.45) is 5.10 Å². The van der Waals surface area contributed by atoms with Gasteiger partial charge in [0.2, 0.25) is 5.91 Å². The molecule has 0 saturated carbocycles. The first-order chi connectivity index (χ1) is 7.81. The lowest BCUT2D eigenvalue weighted by molar-refractivity contribution is -0.121. The Morgan fingerprint density at radius 2 is 2.19 bits per heavy atom. The second kappa shape index (κ2) is 4.79. The molecule has 84 valence electrons. The molecule has 1 N–H and O–H groups in total. The van der Waals surface area contributed by atoms with Crippen molar-refractivity contribution >= 4 is 11.6 Å². The average Bonchev–Trinajstić information content (AvgIpc) is 2.32. The van der Waals surface area contributed by atoms with Gasteiger partial charge in [-0.25, -0.2) is 5.43 Å². The summed E-state index contributed by atoms with van der Waals surface area (Å²) in [5.74, 6) is 0.789. The summed E-state index contributed by atoms with van der Waals surface area (Å²) in [7, 11) is 0. The van der Waals surface area contributed by atoms with Crippen LogP contribution in [0.5, 0.6) is 5.75 Å². The Morgan fingerprint density at radius 1 is 1.38 bits per heavy atom. The number of amides is 1. The van der Waals surface area contributed by atoms with Crippen molar-refractivity contribution in [1.82, 2.24) is 5.43 Å². The van der Waals surface area contributed by atoms with Crippen LogP contribution >= 0.6 is 0 Å². The zero-order valence-electron chi connectivity index (χ0n) is 9.19. The van der Waals surface area contributed by atoms with Crippen molar-refractivity contribution in [2.45, 2.75) is 19.8 Å². The Balaban J connectivity index is 2.29. The molecule has 1 aliphatic rings. The molecule has 0 bridgehead atoms. The molecule has 0 saturated heterocycles. The van der Waals surface area contributed by atoms with E-state index in [0.717, 1.165) is 17.0 Å². The van der Waals surface area contributed by atoms with Gasteiger partial charge in [0.05, 0.1) is 12.3 Å². The minimum absolute atomic E-state index is 0.0300. The van der Waals surface area contributed by atoms with Gasteiger partial charge < -0.3 is 4.74 Å². The van der Waals surface area contributed by atoms with Crippen LogP contribution in [0.3, 0.4) is 0 Å². The van der Waals surface area contributed by atoms with E-state index in [1.54, 1.807) is 0 Å². The molecule has 1 amide bonds. The van der Waals surface area contributed by atoms with E-state index in [-0.39, 0.29) is 5.91 Å². The number of nitrogens with zero attached hydrogens (tertiary/aromatic N) is 1. The maximum absolute atomic E-state index is 11.0. The molecule has 0 aliphatic carbocycles. The predicted octanol–water partition coefficient (Wildman–Crippen LogP) is 1.70. The zero-order chi connectivity index (χ0) is 11.4. The van der Waals surface area contributed by atoms with Crippen molar-refractivity contribution in [1.29, 1.82) is 0 Å². The lowest BCUT2D eigenvalue weighted by Crippen LogP contribution is -2.26. The molecule has 1 heterocycles. The summed E-state index contributed by atoms with van der Waals surface area (Å²) in [6.45, 7) is 2.57. The Hall–Kier alpha value is -1.84. The van der Waals surface area contributed by atoms with E-state index < -0.39 is 0 Å². The number of ether oxygens (including phenoxy) is 1. The largest absolute Gasteiger partial charge is 0.493 e. The third kappa shape index (κ3) is 2.21. The first kappa shape index (κ1) is 10.7. The number of hydrogen-bond acceptors (Lipinski definition) is 3. The Morgan fingerprint density at radius 3 is 2.88 bits per heavy atom. The number of hydrazone groups is 1. The SMILES string of the molecule is CCOc1ccccc1C1=NNC(=O)CC1. The van der Waals surface area contributed by atoms with Gasteiger partial charge in [0.15, 0.2) is 0 Å². The molecule has 1 aliphatic heterocycles. The fourth-order valence-corrected chi connectivity index (χ4v) is 1.65. The van der Waals surface area contributed by atoms with E-state index in [1.165, 1.54) is 0 Å². The molecule has 0 unspecified atom stereocenters. The summed E-state index contributed by atoms with van der Waals surface area (Å²) < 4.78 is 5.52. The average molecular weight is 218 g/mol. The van der Waals surface area contributed by atoms with Crippen molar-refractivity contribution in [2.75, 3.05) is 6.61 Å². The van der Waals surface area contributed by atoms with Crippen LogP contribution in [0, 0.1) is 0 Å². The van der Waals surface area contributed by atoms with Gasteiger partial charge in [-0.1, -0.05) is 12.1 Å². The second-order valence-corrected chi connectivity index (χ2v) is 3.52. The molecule has 0 spiro atoms. The lowest BCUT2D eigenvalue weighted by Gasteiger charge is -2.15. The highest BCUT2D eigenvalue weighted by Crippen LogP contribution is 2.21. The molecule has 0 aromatic heterocycles. The molecular weight excluding hydrogens is 204 g/mol. The number of benzene rings is 1. The van der Waals surface area contributed by atoms with Gasteiger partial charge in [0.25, 0.3) is 0 Å². The van der Waals surface area contributed by atoms with Crippen LogP contribution in [0.4, 0.5) is 0 Å². The summed E-state index contributed by atoms with van der Waals surface area (Å²) in [4.78, 5) is 11.0. The standard InChI is InChI=1S/C12H14N2O2/c1-2-16-11-6-4-3-5-9(11)10-7-8-12(15)14-13-10/h3-6H,2,7-8H2,1H3,(H,14,15). The highest BCUT2D eigenvalue weighted by atomic mass is 16.5. The highest BCUT2D eigenvalue weighted by molar-refractivity contribution is 6.05. The van der Waals surface area contributed by atoms with Crippen LogP contribution in [0.15, 0.2) is 29.4 Å². The highest BCUT2D eigenvalue weighted by Gasteiger charge is 2.16. The summed E-state index contributed by atoms with van der Waals surface area (Å²) in [5.41, 5.74) is 4.33. The van der Waals surface area contributed by atoms with Crippen LogP contribution < -0.4 is 10.2 Å². The molecule has 4 nitrogen and oxygen atoms in total. The minimum Gasteiger partial charge on any atom is -0.493 e. The molecule has 4 heteroatoms. The third-order valence-electron chi connectivity index (χ3n) is 2.40. The van der Waals surface area contributed by atoms with E-state index in [2.05, 4.69) is 10.5 Å². The number of para-hydroxylation sites is 1. The van der Waals surface area contributed by atoms with Gasteiger partial charge in [-0.05, 0) is 19.1 Å². The Kier molecular flexibility index (Phi) is 3.19. The van der Waals surface area contributed by atoms with Crippen LogP contribution in [-0.2, 0) is 4.79 Å². The summed E-state index contributed by atoms with van der Waals surface area (Å²) in [5, 5.41) is 4.06. The minimum atomic E-state index is -0.0300. The monoisotopic (exact) mass is 218 g/mol. The second-order valence-electron chi connectivity index (χ2n) is 3.52. The van der Waals surface area contributed by atoms with Crippen molar-refractivity contribution in [3.8, 4) is 5.75 Å². The molecular formula is C12H14N2O2. The number of rotatable bonds is 3. The van der Waals surface area contributed by atoms with Gasteiger partial charge in [0, 0.05) is 18.4 Å². The lowest BCUT2D eigenvalue weighted by atomic mass is 10.0. The van der Waals surface area contributed by atoms with Crippen LogP contribution in [0.25, 0.3) is 0 Å². The van der Waals surface area contributed by atoms with E-state index in [0.29, 0.717) is 19.4 Å². The third-order valence-corrected chi connectivity index (χ3v) is 2.40. The first-order valence-corrected chi connectivity index (χ1v) is 5.39. The number of hydrogen-bond donors (Lipinski definition) is 1. The fourth-order valence-electron chi connectivity index (χ4n) is 1.65. The van der Waals surface area contributed by atoms with Crippen molar-refractivity contribution < 1.29 is 9.53 Å². The molecule has 0 atom stereocenters. The summed E-state index contributed by atoms with van der Waals surface area (Å²) in [6.07, 6.45) is 1.15. The molecule has 0 radical (unpaired) electrons. The number of nitrogens with one attached hydrogen (secondary N) is 1. The topological polar surface area (TPSA) is 50.7 Å². The maximum atomic E-state index is 11.0. The zero-order valence-corrected chi connectivity index (χ0v) is 9.19.